The minimum absolute atomic E-state index is 0.454. The van der Waals surface area contributed by atoms with Crippen LogP contribution in [0.15, 0.2) is 17.1 Å². The lowest BCUT2D eigenvalue weighted by molar-refractivity contribution is 0.0636. The molecular weight excluding hydrogens is 280 g/mol. The van der Waals surface area contributed by atoms with Gasteiger partial charge in [-0.15, -0.1) is 0 Å². The molecule has 1 N–H and O–H groups in total. The van der Waals surface area contributed by atoms with Crippen LogP contribution in [0.2, 0.25) is 0 Å². The zero-order valence-corrected chi connectivity index (χ0v) is 13.7. The molecule has 1 amide bonds. The van der Waals surface area contributed by atoms with Gasteiger partial charge in [0.05, 0.1) is 5.54 Å². The van der Waals surface area contributed by atoms with Crippen molar-refractivity contribution in [3.8, 4) is 0 Å². The number of isocyanates is 1. The maximum Gasteiger partial charge on any atom is 0.412 e. The molecule has 0 aromatic heterocycles. The lowest BCUT2D eigenvalue weighted by atomic mass is 9.98. The number of ether oxygens (including phenoxy) is 1. The highest BCUT2D eigenvalue weighted by Gasteiger charge is 2.45. The number of amides is 1. The molecule has 1 aliphatic rings. The van der Waals surface area contributed by atoms with Crippen molar-refractivity contribution < 1.29 is 14.3 Å². The Morgan fingerprint density at radius 2 is 1.95 bits per heavy atom. The lowest BCUT2D eigenvalue weighted by Gasteiger charge is -2.21. The Bertz CT molecular complexity index is 649. The number of aryl methyl sites for hydroxylation is 1. The van der Waals surface area contributed by atoms with E-state index in [0.29, 0.717) is 5.69 Å². The molecule has 0 radical (unpaired) electrons. The molecule has 2 rings (SSSR count). The average Bonchev–Trinajstić information content (AvgIpc) is 3.13. The number of carbonyl (C=O) groups excluding carboxylic acids is 2. The third-order valence-electron chi connectivity index (χ3n) is 3.82. The minimum atomic E-state index is -0.551. The van der Waals surface area contributed by atoms with E-state index in [-0.39, 0.29) is 0 Å². The maximum atomic E-state index is 12.0. The van der Waals surface area contributed by atoms with Gasteiger partial charge in [0.1, 0.15) is 5.60 Å². The quantitative estimate of drug-likeness (QED) is 0.678. The normalized spacial score (nSPS) is 15.7. The average molecular weight is 302 g/mol. The summed E-state index contributed by atoms with van der Waals surface area (Å²) in [7, 11) is 0. The smallest absolute Gasteiger partial charge is 0.412 e. The second kappa shape index (κ2) is 5.58. The summed E-state index contributed by atoms with van der Waals surface area (Å²) in [6.07, 6.45) is 2.83. The Balaban J connectivity index is 2.30. The Hall–Kier alpha value is -2.13. The highest BCUT2D eigenvalue weighted by Crippen LogP contribution is 2.50. The molecule has 1 aromatic rings. The van der Waals surface area contributed by atoms with Crippen LogP contribution in [0.4, 0.5) is 10.5 Å². The van der Waals surface area contributed by atoms with Crippen LogP contribution in [0.3, 0.4) is 0 Å². The fourth-order valence-electron chi connectivity index (χ4n) is 2.34. The molecular formula is C17H22N2O3. The van der Waals surface area contributed by atoms with Crippen LogP contribution in [-0.2, 0) is 15.1 Å². The van der Waals surface area contributed by atoms with E-state index in [1.54, 1.807) is 6.08 Å². The number of benzene rings is 1. The lowest BCUT2D eigenvalue weighted by Crippen LogP contribution is -2.27. The zero-order chi connectivity index (χ0) is 16.5. The van der Waals surface area contributed by atoms with Crippen molar-refractivity contribution in [2.45, 2.75) is 58.6 Å². The summed E-state index contributed by atoms with van der Waals surface area (Å²) in [4.78, 5) is 26.5. The van der Waals surface area contributed by atoms with Gasteiger partial charge in [-0.05, 0) is 70.2 Å². The van der Waals surface area contributed by atoms with Crippen molar-refractivity contribution in [2.24, 2.45) is 4.99 Å². The monoisotopic (exact) mass is 302 g/mol. The van der Waals surface area contributed by atoms with Crippen molar-refractivity contribution in [3.63, 3.8) is 0 Å². The topological polar surface area (TPSA) is 67.8 Å². The number of carbonyl (C=O) groups is 1. The molecule has 1 aliphatic carbocycles. The first-order valence-corrected chi connectivity index (χ1v) is 7.38. The van der Waals surface area contributed by atoms with E-state index in [0.717, 1.165) is 29.5 Å². The second-order valence-electron chi connectivity index (χ2n) is 6.83. The molecule has 5 heteroatoms. The van der Waals surface area contributed by atoms with Gasteiger partial charge in [-0.2, -0.15) is 4.99 Å². The van der Waals surface area contributed by atoms with E-state index in [2.05, 4.69) is 10.3 Å². The summed E-state index contributed by atoms with van der Waals surface area (Å²) in [5.74, 6) is 0. The van der Waals surface area contributed by atoms with Gasteiger partial charge in [0.2, 0.25) is 6.08 Å². The third kappa shape index (κ3) is 3.55. The zero-order valence-electron chi connectivity index (χ0n) is 13.7. The molecule has 22 heavy (non-hydrogen) atoms. The van der Waals surface area contributed by atoms with Crippen LogP contribution in [0.1, 0.15) is 50.3 Å². The number of nitrogens with zero attached hydrogens (tertiary/aromatic N) is 1. The predicted octanol–water partition coefficient (Wildman–Crippen LogP) is 3.98. The summed E-state index contributed by atoms with van der Waals surface area (Å²) < 4.78 is 5.29. The van der Waals surface area contributed by atoms with Crippen LogP contribution in [0.25, 0.3) is 0 Å². The van der Waals surface area contributed by atoms with Crippen molar-refractivity contribution >= 4 is 17.9 Å². The van der Waals surface area contributed by atoms with Crippen molar-refractivity contribution in [1.29, 1.82) is 0 Å². The van der Waals surface area contributed by atoms with E-state index in [1.165, 1.54) is 0 Å². The third-order valence-corrected chi connectivity index (χ3v) is 3.82. The molecule has 1 saturated carbocycles. The second-order valence-corrected chi connectivity index (χ2v) is 6.83. The number of nitrogens with one attached hydrogen (secondary N) is 1. The summed E-state index contributed by atoms with van der Waals surface area (Å²) in [6.45, 7) is 9.37. The first kappa shape index (κ1) is 16.2. The van der Waals surface area contributed by atoms with Crippen LogP contribution < -0.4 is 5.32 Å². The Kier molecular flexibility index (Phi) is 4.12. The van der Waals surface area contributed by atoms with Crippen LogP contribution in [-0.4, -0.2) is 17.8 Å². The largest absolute Gasteiger partial charge is 0.444 e. The Labute approximate surface area is 130 Å². The molecule has 1 fully saturated rings. The van der Waals surface area contributed by atoms with Gasteiger partial charge in [0, 0.05) is 5.69 Å². The summed E-state index contributed by atoms with van der Waals surface area (Å²) in [5, 5.41) is 2.79. The van der Waals surface area contributed by atoms with Gasteiger partial charge in [0.25, 0.3) is 0 Å². The van der Waals surface area contributed by atoms with Crippen LogP contribution in [0, 0.1) is 13.8 Å². The summed E-state index contributed by atoms with van der Waals surface area (Å²) in [6, 6.07) is 3.89. The van der Waals surface area contributed by atoms with Gasteiger partial charge in [-0.25, -0.2) is 9.59 Å². The first-order chi connectivity index (χ1) is 10.2. The number of anilines is 1. The molecule has 0 bridgehead atoms. The highest BCUT2D eigenvalue weighted by atomic mass is 16.6. The van der Waals surface area contributed by atoms with E-state index >= 15 is 0 Å². The Morgan fingerprint density at radius 3 is 2.45 bits per heavy atom. The van der Waals surface area contributed by atoms with E-state index < -0.39 is 17.2 Å². The molecule has 0 aliphatic heterocycles. The molecule has 0 heterocycles. The maximum absolute atomic E-state index is 12.0. The van der Waals surface area contributed by atoms with Gasteiger partial charge in [0.15, 0.2) is 0 Å². The molecule has 0 atom stereocenters. The minimum Gasteiger partial charge on any atom is -0.444 e. The van der Waals surface area contributed by atoms with Gasteiger partial charge < -0.3 is 4.74 Å². The fraction of sp³-hybridized carbons (Fsp3) is 0.529. The molecule has 0 saturated heterocycles. The SMILES string of the molecule is Cc1cc(C2(N=C=O)CC2)cc(NC(=O)OC(C)(C)C)c1C. The van der Waals surface area contributed by atoms with E-state index in [4.69, 9.17) is 4.74 Å². The van der Waals surface area contributed by atoms with Gasteiger partial charge in [-0.3, -0.25) is 5.32 Å². The van der Waals surface area contributed by atoms with E-state index in [9.17, 15) is 9.59 Å². The first-order valence-electron chi connectivity index (χ1n) is 7.38. The van der Waals surface area contributed by atoms with Gasteiger partial charge >= 0.3 is 6.09 Å². The fourth-order valence-corrected chi connectivity index (χ4v) is 2.34. The molecule has 118 valence electrons. The van der Waals surface area contributed by atoms with Gasteiger partial charge in [-0.1, -0.05) is 6.07 Å². The Morgan fingerprint density at radius 1 is 1.32 bits per heavy atom. The molecule has 1 aromatic carbocycles. The summed E-state index contributed by atoms with van der Waals surface area (Å²) in [5.41, 5.74) is 2.63. The predicted molar refractivity (Wildman–Crippen MR) is 84.8 cm³/mol. The molecule has 0 unspecified atom stereocenters. The standard InChI is InChI=1S/C17H22N2O3/c1-11-8-13(17(6-7-17)18-10-20)9-14(12(11)2)19-15(21)22-16(3,4)5/h8-9H,6-7H2,1-5H3,(H,19,21). The number of rotatable bonds is 3. The van der Waals surface area contributed by atoms with E-state index in [1.807, 2.05) is 46.8 Å². The molecule has 5 nitrogen and oxygen atoms in total. The van der Waals surface area contributed by atoms with Crippen LogP contribution >= 0.6 is 0 Å². The van der Waals surface area contributed by atoms with Crippen LogP contribution in [0.5, 0.6) is 0 Å². The number of hydrogen-bond acceptors (Lipinski definition) is 4. The summed E-state index contributed by atoms with van der Waals surface area (Å²) >= 11 is 0. The number of aliphatic imine (C=N–C) groups is 1. The van der Waals surface area contributed by atoms with Crippen molar-refractivity contribution in [2.75, 3.05) is 5.32 Å². The van der Waals surface area contributed by atoms with Crippen molar-refractivity contribution in [3.05, 3.63) is 28.8 Å². The number of hydrogen-bond donors (Lipinski definition) is 1. The highest BCUT2D eigenvalue weighted by molar-refractivity contribution is 5.86. The van der Waals surface area contributed by atoms with Crippen molar-refractivity contribution in [1.82, 2.24) is 0 Å². The molecule has 0 spiro atoms.